The van der Waals surface area contributed by atoms with E-state index in [-0.39, 0.29) is 32.2 Å². The molecule has 0 aliphatic heterocycles. The molecule has 0 saturated heterocycles. The number of nitrogens with zero attached hydrogens (tertiary/aromatic N) is 1. The van der Waals surface area contributed by atoms with Crippen molar-refractivity contribution in [3.05, 3.63) is 90.1 Å². The van der Waals surface area contributed by atoms with E-state index in [1.54, 1.807) is 30.5 Å². The number of nitrogens with one attached hydrogen (secondary N) is 8. The lowest BCUT2D eigenvalue weighted by Crippen LogP contribution is -2.60. The maximum absolute atomic E-state index is 14.4. The van der Waals surface area contributed by atoms with Crippen molar-refractivity contribution in [3.8, 4) is 0 Å². The molecule has 19 nitrogen and oxygen atoms in total. The number of H-pyrrole nitrogens is 2. The van der Waals surface area contributed by atoms with Crippen LogP contribution in [-0.4, -0.2) is 118 Å². The number of hydrogen-bond acceptors (Lipinski definition) is 11. The minimum absolute atomic E-state index is 0.00144. The summed E-state index contributed by atoms with van der Waals surface area (Å²) in [4.78, 5) is 104. The number of para-hydroxylation sites is 1. The molecule has 2 heterocycles. The molecule has 0 aliphatic carbocycles. The van der Waals surface area contributed by atoms with Crippen molar-refractivity contribution in [2.24, 2.45) is 17.2 Å². The van der Waals surface area contributed by atoms with E-state index in [0.717, 1.165) is 16.5 Å². The van der Waals surface area contributed by atoms with Crippen LogP contribution in [0.1, 0.15) is 49.4 Å². The number of primary amides is 1. The molecule has 0 unspecified atom stereocenters. The summed E-state index contributed by atoms with van der Waals surface area (Å²) in [5.74, 6) is -4.17. The smallest absolute Gasteiger partial charge is 0.243 e. The summed E-state index contributed by atoms with van der Waals surface area (Å²) >= 11 is 1.48. The van der Waals surface area contributed by atoms with Crippen LogP contribution < -0.4 is 49.1 Å². The molecule has 4 aromatic rings. The monoisotopic (exact) mass is 874 g/mol. The minimum atomic E-state index is -1.30. The number of thioether (sulfide) groups is 1. The third-order valence-electron chi connectivity index (χ3n) is 10.1. The average molecular weight is 875 g/mol. The van der Waals surface area contributed by atoms with E-state index in [9.17, 15) is 33.6 Å². The van der Waals surface area contributed by atoms with Gasteiger partial charge in [0.1, 0.15) is 36.3 Å². The van der Waals surface area contributed by atoms with Crippen LogP contribution in [0.25, 0.3) is 10.9 Å². The van der Waals surface area contributed by atoms with Gasteiger partial charge in [-0.25, -0.2) is 4.98 Å². The number of benzene rings is 2. The largest absolute Gasteiger partial charge is 0.368 e. The van der Waals surface area contributed by atoms with Gasteiger partial charge in [-0.05, 0) is 68.4 Å². The van der Waals surface area contributed by atoms with Crippen molar-refractivity contribution in [2.75, 3.05) is 25.1 Å². The summed E-state index contributed by atoms with van der Waals surface area (Å²) in [7, 11) is 0. The van der Waals surface area contributed by atoms with Gasteiger partial charge in [-0.1, -0.05) is 48.5 Å². The van der Waals surface area contributed by atoms with Gasteiger partial charge >= 0.3 is 0 Å². The number of unbranched alkanes of at least 4 members (excludes halogenated alkanes) is 1. The number of amides is 7. The SMILES string of the molecule is CSCC[C@H](NC(=O)CN)C(=O)N[C@@H](C)C(=O)N[C@@H](CCCCN)C(=O)N[C@H](Cc1cnc[nH]1)C(=O)N[C@H](Cc1c[nH]c2ccccc12)C(=O)N[C@@H](Cc1ccccc1)C(N)=O. The maximum Gasteiger partial charge on any atom is 0.243 e. The van der Waals surface area contributed by atoms with Crippen molar-refractivity contribution in [3.63, 3.8) is 0 Å². The first-order valence-electron chi connectivity index (χ1n) is 20.4. The lowest BCUT2D eigenvalue weighted by Gasteiger charge is -2.27. The highest BCUT2D eigenvalue weighted by Gasteiger charge is 2.33. The number of nitrogens with two attached hydrogens (primary N) is 3. The van der Waals surface area contributed by atoms with Crippen LogP contribution in [0.15, 0.2) is 73.3 Å². The van der Waals surface area contributed by atoms with Crippen LogP contribution in [0.4, 0.5) is 0 Å². The average Bonchev–Trinajstić information content (AvgIpc) is 3.94. The molecule has 2 aromatic heterocycles. The molecule has 334 valence electrons. The number of aromatic nitrogens is 3. The van der Waals surface area contributed by atoms with Gasteiger partial charge in [0.2, 0.25) is 41.4 Å². The second-order valence-corrected chi connectivity index (χ2v) is 15.8. The Morgan fingerprint density at radius 2 is 1.29 bits per heavy atom. The zero-order chi connectivity index (χ0) is 45.0. The highest BCUT2D eigenvalue weighted by molar-refractivity contribution is 7.98. The predicted molar refractivity (Wildman–Crippen MR) is 236 cm³/mol. The van der Waals surface area contributed by atoms with Gasteiger partial charge in [0.05, 0.1) is 12.9 Å². The van der Waals surface area contributed by atoms with E-state index in [1.165, 1.54) is 31.2 Å². The Morgan fingerprint density at radius 3 is 1.94 bits per heavy atom. The lowest BCUT2D eigenvalue weighted by atomic mass is 10.0. The zero-order valence-corrected chi connectivity index (χ0v) is 35.7. The van der Waals surface area contributed by atoms with Crippen molar-refractivity contribution >= 4 is 64.0 Å². The van der Waals surface area contributed by atoms with Crippen LogP contribution in [0, 0.1) is 0 Å². The Kier molecular flexibility index (Phi) is 19.4. The number of rotatable bonds is 26. The molecule has 0 radical (unpaired) electrons. The fourth-order valence-corrected chi connectivity index (χ4v) is 7.11. The zero-order valence-electron chi connectivity index (χ0n) is 34.9. The minimum Gasteiger partial charge on any atom is -0.368 e. The number of hydrogen-bond donors (Lipinski definition) is 11. The molecule has 62 heavy (non-hydrogen) atoms. The molecule has 0 aliphatic rings. The summed E-state index contributed by atoms with van der Waals surface area (Å²) in [5, 5.41) is 17.0. The molecule has 6 atom stereocenters. The first kappa shape index (κ1) is 48.4. The summed E-state index contributed by atoms with van der Waals surface area (Å²) in [5.41, 5.74) is 19.7. The Morgan fingerprint density at radius 1 is 0.677 bits per heavy atom. The fraction of sp³-hybridized carbons (Fsp3) is 0.429. The van der Waals surface area contributed by atoms with E-state index in [4.69, 9.17) is 17.2 Å². The molecule has 0 spiro atoms. The van der Waals surface area contributed by atoms with Gasteiger partial charge in [0.25, 0.3) is 0 Å². The molecule has 14 N–H and O–H groups in total. The summed E-state index contributed by atoms with van der Waals surface area (Å²) in [6.07, 6.45) is 7.90. The Balaban J connectivity index is 1.57. The quantitative estimate of drug-likeness (QED) is 0.0346. The Labute approximate surface area is 364 Å². The third kappa shape index (κ3) is 15.0. The van der Waals surface area contributed by atoms with Crippen molar-refractivity contribution in [2.45, 2.75) is 88.1 Å². The number of imidazole rings is 1. The first-order valence-corrected chi connectivity index (χ1v) is 21.8. The molecule has 0 saturated carbocycles. The van der Waals surface area contributed by atoms with Crippen molar-refractivity contribution < 1.29 is 33.6 Å². The van der Waals surface area contributed by atoms with Gasteiger partial charge in [-0.3, -0.25) is 33.6 Å². The van der Waals surface area contributed by atoms with Crippen LogP contribution in [-0.2, 0) is 52.8 Å². The van der Waals surface area contributed by atoms with Gasteiger partial charge < -0.3 is 59.1 Å². The van der Waals surface area contributed by atoms with E-state index in [1.807, 2.05) is 36.6 Å². The number of carbonyl (C=O) groups is 7. The topological polar surface area (TPSA) is 314 Å². The van der Waals surface area contributed by atoms with Gasteiger partial charge in [-0.2, -0.15) is 11.8 Å². The van der Waals surface area contributed by atoms with Gasteiger partial charge in [-0.15, -0.1) is 0 Å². The van der Waals surface area contributed by atoms with Crippen LogP contribution >= 0.6 is 11.8 Å². The third-order valence-corrected chi connectivity index (χ3v) is 10.7. The standard InChI is InChI=1S/C42H58N12O7S/c1-25(49-39(58)32(15-17-62-2)50-36(55)21-44)38(57)51-31(14-8-9-16-43)40(59)54-35(20-28-23-46-24-48-28)42(61)53-34(19-27-22-47-30-13-7-6-12-29(27)30)41(60)52-33(37(45)56)18-26-10-4-3-5-11-26/h3-7,10-13,22-25,31-35,47H,8-9,14-21,43-44H2,1-2H3,(H2,45,56)(H,46,48)(H,49,58)(H,50,55)(H,51,57)(H,52,60)(H,53,61)(H,54,59)/t25-,31-,32-,33-,34+,35+/m0/s1. The molecule has 0 bridgehead atoms. The fourth-order valence-electron chi connectivity index (χ4n) is 6.64. The van der Waals surface area contributed by atoms with Gasteiger partial charge in [0, 0.05) is 48.3 Å². The second-order valence-electron chi connectivity index (χ2n) is 14.8. The van der Waals surface area contributed by atoms with E-state index < -0.39 is 77.6 Å². The lowest BCUT2D eigenvalue weighted by molar-refractivity contribution is -0.135. The molecule has 4 rings (SSSR count). The highest BCUT2D eigenvalue weighted by atomic mass is 32.2. The number of aromatic amines is 2. The highest BCUT2D eigenvalue weighted by Crippen LogP contribution is 2.20. The molecule has 7 amide bonds. The Bertz CT molecular complexity index is 2100. The van der Waals surface area contributed by atoms with Crippen LogP contribution in [0.2, 0.25) is 0 Å². The normalized spacial score (nSPS) is 14.0. The first-order chi connectivity index (χ1) is 29.8. The van der Waals surface area contributed by atoms with Crippen molar-refractivity contribution in [1.29, 1.82) is 0 Å². The van der Waals surface area contributed by atoms with Crippen LogP contribution in [0.5, 0.6) is 0 Å². The maximum atomic E-state index is 14.4. The van der Waals surface area contributed by atoms with Crippen LogP contribution in [0.3, 0.4) is 0 Å². The van der Waals surface area contributed by atoms with E-state index in [2.05, 4.69) is 46.9 Å². The summed E-state index contributed by atoms with van der Waals surface area (Å²) in [6.45, 7) is 1.45. The molecular formula is C42H58N12O7S. The van der Waals surface area contributed by atoms with E-state index >= 15 is 0 Å². The Hall–Kier alpha value is -6.25. The summed E-state index contributed by atoms with van der Waals surface area (Å²) in [6, 6.07) is 9.56. The molecular weight excluding hydrogens is 817 g/mol. The van der Waals surface area contributed by atoms with E-state index in [0.29, 0.717) is 42.8 Å². The predicted octanol–water partition coefficient (Wildman–Crippen LogP) is -0.826. The molecule has 0 fully saturated rings. The summed E-state index contributed by atoms with van der Waals surface area (Å²) < 4.78 is 0. The van der Waals surface area contributed by atoms with Gasteiger partial charge in [0.15, 0.2) is 0 Å². The number of fused-ring (bicyclic) bond motifs is 1. The molecule has 20 heteroatoms. The second kappa shape index (κ2) is 24.9. The molecule has 2 aromatic carbocycles. The van der Waals surface area contributed by atoms with Crippen molar-refractivity contribution in [1.82, 2.24) is 46.9 Å². The number of carbonyl (C=O) groups excluding carboxylic acids is 7.